The van der Waals surface area contributed by atoms with E-state index < -0.39 is 5.97 Å². The minimum atomic E-state index is -0.816. The van der Waals surface area contributed by atoms with Crippen LogP contribution >= 0.6 is 0 Å². The van der Waals surface area contributed by atoms with Gasteiger partial charge in [-0.2, -0.15) is 0 Å². The predicted octanol–water partition coefficient (Wildman–Crippen LogP) is 2.59. The van der Waals surface area contributed by atoms with Gasteiger partial charge in [0, 0.05) is 5.92 Å². The molecule has 1 atom stereocenters. The summed E-state index contributed by atoms with van der Waals surface area (Å²) >= 11 is 0. The van der Waals surface area contributed by atoms with E-state index in [2.05, 4.69) is 26.0 Å². The van der Waals surface area contributed by atoms with E-state index in [4.69, 9.17) is 9.84 Å². The Morgan fingerprint density at radius 3 is 2.75 bits per heavy atom. The number of aryl methyl sites for hydroxylation is 1. The maximum absolute atomic E-state index is 10.3. The van der Waals surface area contributed by atoms with Crippen molar-refractivity contribution in [2.45, 2.75) is 26.2 Å². The number of rotatable bonds is 6. The van der Waals surface area contributed by atoms with Crippen molar-refractivity contribution >= 4 is 5.97 Å². The second-order valence-corrected chi connectivity index (χ2v) is 3.98. The van der Waals surface area contributed by atoms with Crippen LogP contribution in [0.25, 0.3) is 0 Å². The first-order chi connectivity index (χ1) is 7.61. The first-order valence-corrected chi connectivity index (χ1v) is 5.46. The Kier molecular flexibility index (Phi) is 4.99. The fourth-order valence-corrected chi connectivity index (χ4v) is 1.65. The largest absolute Gasteiger partial charge is 0.481 e. The van der Waals surface area contributed by atoms with Gasteiger partial charge in [-0.3, -0.25) is 4.79 Å². The zero-order valence-electron chi connectivity index (χ0n) is 9.77. The monoisotopic (exact) mass is 222 g/mol. The SMILES string of the molecule is Cc1ccccc1C(C)COCCC(=O)O. The van der Waals surface area contributed by atoms with Crippen LogP contribution in [0.1, 0.15) is 30.4 Å². The highest BCUT2D eigenvalue weighted by molar-refractivity contribution is 5.66. The molecule has 0 fully saturated rings. The number of hydrogen-bond acceptors (Lipinski definition) is 2. The number of carbonyl (C=O) groups is 1. The molecule has 0 spiro atoms. The van der Waals surface area contributed by atoms with Gasteiger partial charge in [-0.1, -0.05) is 31.2 Å². The molecule has 1 rings (SSSR count). The minimum absolute atomic E-state index is 0.0699. The minimum Gasteiger partial charge on any atom is -0.481 e. The number of aliphatic carboxylic acids is 1. The second kappa shape index (κ2) is 6.28. The molecule has 1 unspecified atom stereocenters. The fourth-order valence-electron chi connectivity index (χ4n) is 1.65. The molecule has 3 nitrogen and oxygen atoms in total. The van der Waals surface area contributed by atoms with Gasteiger partial charge in [0.25, 0.3) is 0 Å². The average Bonchev–Trinajstić information content (AvgIpc) is 2.24. The first-order valence-electron chi connectivity index (χ1n) is 5.46. The molecule has 1 aromatic rings. The standard InChI is InChI=1S/C13H18O3/c1-10-5-3-4-6-12(10)11(2)9-16-8-7-13(14)15/h3-6,11H,7-9H2,1-2H3,(H,14,15). The topological polar surface area (TPSA) is 46.5 Å². The Hall–Kier alpha value is -1.35. The van der Waals surface area contributed by atoms with Gasteiger partial charge in [0.2, 0.25) is 0 Å². The summed E-state index contributed by atoms with van der Waals surface area (Å²) in [5, 5.41) is 8.46. The van der Waals surface area contributed by atoms with Gasteiger partial charge in [-0.05, 0) is 18.1 Å². The second-order valence-electron chi connectivity index (χ2n) is 3.98. The van der Waals surface area contributed by atoms with Crippen LogP contribution in [-0.2, 0) is 9.53 Å². The quantitative estimate of drug-likeness (QED) is 0.752. The smallest absolute Gasteiger partial charge is 0.305 e. The third-order valence-electron chi connectivity index (χ3n) is 2.55. The maximum Gasteiger partial charge on any atom is 0.305 e. The molecule has 1 aromatic carbocycles. The van der Waals surface area contributed by atoms with E-state index >= 15 is 0 Å². The van der Waals surface area contributed by atoms with Crippen molar-refractivity contribution in [1.82, 2.24) is 0 Å². The molecule has 0 aliphatic heterocycles. The Balaban J connectivity index is 2.38. The zero-order chi connectivity index (χ0) is 12.0. The van der Waals surface area contributed by atoms with Crippen LogP contribution in [0.15, 0.2) is 24.3 Å². The van der Waals surface area contributed by atoms with Crippen LogP contribution in [0.5, 0.6) is 0 Å². The molecule has 0 saturated heterocycles. The molecule has 1 N–H and O–H groups in total. The molecule has 0 aliphatic rings. The van der Waals surface area contributed by atoms with Gasteiger partial charge in [0.1, 0.15) is 0 Å². The van der Waals surface area contributed by atoms with E-state index in [-0.39, 0.29) is 13.0 Å². The summed E-state index contributed by atoms with van der Waals surface area (Å²) in [7, 11) is 0. The molecule has 0 aromatic heterocycles. The van der Waals surface area contributed by atoms with Crippen LogP contribution in [0.2, 0.25) is 0 Å². The summed E-state index contributed by atoms with van der Waals surface area (Å²) in [6.07, 6.45) is 0.0699. The number of carboxylic acid groups (broad SMARTS) is 1. The molecule has 16 heavy (non-hydrogen) atoms. The lowest BCUT2D eigenvalue weighted by molar-refractivity contribution is -0.138. The van der Waals surface area contributed by atoms with Crippen molar-refractivity contribution in [2.75, 3.05) is 13.2 Å². The lowest BCUT2D eigenvalue weighted by Crippen LogP contribution is -2.09. The summed E-state index contributed by atoms with van der Waals surface area (Å²) in [6.45, 7) is 5.01. The van der Waals surface area contributed by atoms with Gasteiger partial charge >= 0.3 is 5.97 Å². The van der Waals surface area contributed by atoms with Crippen LogP contribution in [0.3, 0.4) is 0 Å². The van der Waals surface area contributed by atoms with Crippen LogP contribution in [0, 0.1) is 6.92 Å². The number of benzene rings is 1. The van der Waals surface area contributed by atoms with E-state index in [1.807, 2.05) is 12.1 Å². The molecule has 0 aliphatic carbocycles. The molecule has 0 heterocycles. The molecular weight excluding hydrogens is 204 g/mol. The lowest BCUT2D eigenvalue weighted by atomic mass is 9.97. The first kappa shape index (κ1) is 12.7. The number of carboxylic acids is 1. The summed E-state index contributed by atoms with van der Waals surface area (Å²) in [5.41, 5.74) is 2.51. The van der Waals surface area contributed by atoms with Gasteiger partial charge in [-0.15, -0.1) is 0 Å². The van der Waals surface area contributed by atoms with E-state index in [9.17, 15) is 4.79 Å². The van der Waals surface area contributed by atoms with Crippen molar-refractivity contribution in [3.05, 3.63) is 35.4 Å². The summed E-state index contributed by atoms with van der Waals surface area (Å²) in [4.78, 5) is 10.3. The van der Waals surface area contributed by atoms with E-state index in [0.717, 1.165) is 0 Å². The molecule has 0 saturated carbocycles. The van der Waals surface area contributed by atoms with Crippen molar-refractivity contribution in [1.29, 1.82) is 0 Å². The Morgan fingerprint density at radius 2 is 2.12 bits per heavy atom. The highest BCUT2D eigenvalue weighted by Crippen LogP contribution is 2.19. The summed E-state index contributed by atoms with van der Waals surface area (Å²) < 4.78 is 5.33. The zero-order valence-corrected chi connectivity index (χ0v) is 9.77. The molecule has 88 valence electrons. The molecular formula is C13H18O3. The number of ether oxygens (including phenoxy) is 1. The van der Waals surface area contributed by atoms with Crippen molar-refractivity contribution in [2.24, 2.45) is 0 Å². The van der Waals surface area contributed by atoms with Crippen molar-refractivity contribution < 1.29 is 14.6 Å². The van der Waals surface area contributed by atoms with Crippen LogP contribution in [0.4, 0.5) is 0 Å². The van der Waals surface area contributed by atoms with E-state index in [1.54, 1.807) is 0 Å². The van der Waals surface area contributed by atoms with E-state index in [1.165, 1.54) is 11.1 Å². The van der Waals surface area contributed by atoms with Crippen LogP contribution < -0.4 is 0 Å². The average molecular weight is 222 g/mol. The van der Waals surface area contributed by atoms with Gasteiger partial charge in [0.15, 0.2) is 0 Å². The molecule has 0 radical (unpaired) electrons. The van der Waals surface area contributed by atoms with Crippen LogP contribution in [-0.4, -0.2) is 24.3 Å². The van der Waals surface area contributed by atoms with Crippen molar-refractivity contribution in [3.63, 3.8) is 0 Å². The highest BCUT2D eigenvalue weighted by Gasteiger charge is 2.08. The Bertz CT molecular complexity index is 347. The Labute approximate surface area is 96.1 Å². The molecule has 0 bridgehead atoms. The molecule has 0 amide bonds. The summed E-state index contributed by atoms with van der Waals surface area (Å²) in [6, 6.07) is 8.18. The molecule has 3 heteroatoms. The van der Waals surface area contributed by atoms with Gasteiger partial charge < -0.3 is 9.84 Å². The van der Waals surface area contributed by atoms with Gasteiger partial charge in [-0.25, -0.2) is 0 Å². The van der Waals surface area contributed by atoms with E-state index in [0.29, 0.717) is 12.5 Å². The van der Waals surface area contributed by atoms with Crippen molar-refractivity contribution in [3.8, 4) is 0 Å². The highest BCUT2D eigenvalue weighted by atomic mass is 16.5. The predicted molar refractivity (Wildman–Crippen MR) is 62.7 cm³/mol. The third-order valence-corrected chi connectivity index (χ3v) is 2.55. The maximum atomic E-state index is 10.3. The number of hydrogen-bond donors (Lipinski definition) is 1. The van der Waals surface area contributed by atoms with Gasteiger partial charge in [0.05, 0.1) is 19.6 Å². The summed E-state index contributed by atoms with van der Waals surface area (Å²) in [5.74, 6) is -0.515. The fraction of sp³-hybridized carbons (Fsp3) is 0.462. The normalized spacial score (nSPS) is 12.4. The lowest BCUT2D eigenvalue weighted by Gasteiger charge is -2.14. The Morgan fingerprint density at radius 1 is 1.44 bits per heavy atom. The third kappa shape index (κ3) is 4.03.